The molecule has 0 spiro atoms. The van der Waals surface area contributed by atoms with Crippen LogP contribution in [0.2, 0.25) is 0 Å². The SMILES string of the molecule is O=C(CC=NCCc1c[nH]c2ccccc12)C(F)(F)F. The Balaban J connectivity index is 1.86. The second kappa shape index (κ2) is 5.90. The van der Waals surface area contributed by atoms with Crippen molar-refractivity contribution in [1.82, 2.24) is 4.98 Å². The number of aliphatic imine (C=N–C) groups is 1. The summed E-state index contributed by atoms with van der Waals surface area (Å²) in [5, 5.41) is 1.08. The number of benzene rings is 1. The zero-order chi connectivity index (χ0) is 14.6. The molecule has 0 aliphatic carbocycles. The molecule has 0 amide bonds. The van der Waals surface area contributed by atoms with Gasteiger partial charge in [0.15, 0.2) is 0 Å². The predicted molar refractivity (Wildman–Crippen MR) is 71.0 cm³/mol. The fourth-order valence-electron chi connectivity index (χ4n) is 1.88. The number of alkyl halides is 3. The maximum absolute atomic E-state index is 11.9. The number of aromatic amines is 1. The topological polar surface area (TPSA) is 45.2 Å². The van der Waals surface area contributed by atoms with Gasteiger partial charge in [-0.2, -0.15) is 13.2 Å². The minimum atomic E-state index is -4.77. The average Bonchev–Trinajstić information content (AvgIpc) is 2.80. The van der Waals surface area contributed by atoms with Gasteiger partial charge in [-0.1, -0.05) is 18.2 Å². The van der Waals surface area contributed by atoms with Gasteiger partial charge in [0.25, 0.3) is 0 Å². The van der Waals surface area contributed by atoms with Gasteiger partial charge >= 0.3 is 6.18 Å². The molecule has 1 aromatic carbocycles. The number of carbonyl (C=O) groups excluding carboxylic acids is 1. The second-order valence-electron chi connectivity index (χ2n) is 4.32. The van der Waals surface area contributed by atoms with E-state index in [-0.39, 0.29) is 0 Å². The number of nitrogens with zero attached hydrogens (tertiary/aromatic N) is 1. The first kappa shape index (κ1) is 14.3. The van der Waals surface area contributed by atoms with Crippen LogP contribution in [-0.2, 0) is 11.2 Å². The molecule has 6 heteroatoms. The Kier molecular flexibility index (Phi) is 4.22. The fraction of sp³-hybridized carbons (Fsp3) is 0.286. The van der Waals surface area contributed by atoms with Gasteiger partial charge in [-0.3, -0.25) is 9.79 Å². The van der Waals surface area contributed by atoms with Crippen LogP contribution in [-0.4, -0.2) is 29.7 Å². The molecule has 3 nitrogen and oxygen atoms in total. The van der Waals surface area contributed by atoms with Crippen molar-refractivity contribution in [3.8, 4) is 0 Å². The normalized spacial score (nSPS) is 12.3. The summed E-state index contributed by atoms with van der Waals surface area (Å²) in [6.45, 7) is 0.354. The molecular formula is C14H13F3N2O. The van der Waals surface area contributed by atoms with Crippen molar-refractivity contribution >= 4 is 22.9 Å². The molecule has 0 bridgehead atoms. The number of fused-ring (bicyclic) bond motifs is 1. The first-order valence-corrected chi connectivity index (χ1v) is 6.12. The van der Waals surface area contributed by atoms with E-state index in [0.717, 1.165) is 22.7 Å². The third-order valence-electron chi connectivity index (χ3n) is 2.91. The van der Waals surface area contributed by atoms with Gasteiger partial charge < -0.3 is 4.98 Å². The molecule has 0 saturated heterocycles. The number of rotatable bonds is 5. The first-order chi connectivity index (χ1) is 9.48. The number of carbonyl (C=O) groups is 1. The molecule has 0 fully saturated rings. The van der Waals surface area contributed by atoms with Gasteiger partial charge in [-0.05, 0) is 18.1 Å². The third-order valence-corrected chi connectivity index (χ3v) is 2.91. The van der Waals surface area contributed by atoms with Crippen molar-refractivity contribution in [2.45, 2.75) is 19.0 Å². The zero-order valence-electron chi connectivity index (χ0n) is 10.6. The molecular weight excluding hydrogens is 269 g/mol. The minimum absolute atomic E-state index is 0.354. The summed E-state index contributed by atoms with van der Waals surface area (Å²) in [4.78, 5) is 17.6. The Morgan fingerprint density at radius 2 is 2.05 bits per heavy atom. The van der Waals surface area contributed by atoms with E-state index in [4.69, 9.17) is 0 Å². The summed E-state index contributed by atoms with van der Waals surface area (Å²) in [5.41, 5.74) is 2.07. The van der Waals surface area contributed by atoms with E-state index >= 15 is 0 Å². The van der Waals surface area contributed by atoms with Crippen LogP contribution in [0, 0.1) is 0 Å². The summed E-state index contributed by atoms with van der Waals surface area (Å²) < 4.78 is 35.8. The number of Topliss-reactive ketones (excluding diaryl/α,β-unsaturated/α-hetero) is 1. The lowest BCUT2D eigenvalue weighted by molar-refractivity contribution is -0.169. The minimum Gasteiger partial charge on any atom is -0.361 e. The van der Waals surface area contributed by atoms with E-state index in [9.17, 15) is 18.0 Å². The van der Waals surface area contributed by atoms with E-state index in [0.29, 0.717) is 13.0 Å². The van der Waals surface area contributed by atoms with Crippen LogP contribution in [0.3, 0.4) is 0 Å². The highest BCUT2D eigenvalue weighted by Gasteiger charge is 2.36. The lowest BCUT2D eigenvalue weighted by Gasteiger charge is -2.00. The van der Waals surface area contributed by atoms with Crippen molar-refractivity contribution in [1.29, 1.82) is 0 Å². The highest BCUT2D eigenvalue weighted by molar-refractivity contribution is 5.95. The maximum atomic E-state index is 11.9. The number of H-pyrrole nitrogens is 1. The van der Waals surface area contributed by atoms with Gasteiger partial charge in [0, 0.05) is 29.9 Å². The Morgan fingerprint density at radius 1 is 1.30 bits per heavy atom. The first-order valence-electron chi connectivity index (χ1n) is 6.12. The molecule has 2 aromatic rings. The molecule has 0 aliphatic heterocycles. The average molecular weight is 282 g/mol. The van der Waals surface area contributed by atoms with E-state index in [1.54, 1.807) is 0 Å². The summed E-state index contributed by atoms with van der Waals surface area (Å²) in [7, 11) is 0. The molecule has 2 rings (SSSR count). The molecule has 20 heavy (non-hydrogen) atoms. The van der Waals surface area contributed by atoms with Crippen LogP contribution in [0.25, 0.3) is 10.9 Å². The van der Waals surface area contributed by atoms with Crippen molar-refractivity contribution in [3.63, 3.8) is 0 Å². The van der Waals surface area contributed by atoms with Gasteiger partial charge in [-0.15, -0.1) is 0 Å². The molecule has 1 aromatic heterocycles. The van der Waals surface area contributed by atoms with Crippen LogP contribution in [0.1, 0.15) is 12.0 Å². The molecule has 0 atom stereocenters. The quantitative estimate of drug-likeness (QED) is 0.840. The third kappa shape index (κ3) is 3.46. The molecule has 0 radical (unpaired) electrons. The summed E-state index contributed by atoms with van der Waals surface area (Å²) >= 11 is 0. The molecule has 0 saturated carbocycles. The summed E-state index contributed by atoms with van der Waals surface area (Å²) in [5.74, 6) is -1.77. The van der Waals surface area contributed by atoms with Crippen LogP contribution in [0.15, 0.2) is 35.5 Å². The Labute approximate surface area is 113 Å². The molecule has 106 valence electrons. The number of nitrogens with one attached hydrogen (secondary N) is 1. The standard InChI is InChI=1S/C14H13F3N2O/c15-14(16,17)13(20)6-8-18-7-5-10-9-19-12-4-2-1-3-11(10)12/h1-4,8-9,19H,5-7H2. The lowest BCUT2D eigenvalue weighted by Crippen LogP contribution is -2.22. The number of aromatic nitrogens is 1. The second-order valence-corrected chi connectivity index (χ2v) is 4.32. The number of hydrogen-bond acceptors (Lipinski definition) is 2. The smallest absolute Gasteiger partial charge is 0.361 e. The highest BCUT2D eigenvalue weighted by atomic mass is 19.4. The Hall–Kier alpha value is -2.11. The van der Waals surface area contributed by atoms with Crippen LogP contribution in [0.5, 0.6) is 0 Å². The van der Waals surface area contributed by atoms with Gasteiger partial charge in [0.2, 0.25) is 5.78 Å². The van der Waals surface area contributed by atoms with E-state index in [1.165, 1.54) is 0 Å². The number of hydrogen-bond donors (Lipinski definition) is 1. The molecule has 0 unspecified atom stereocenters. The largest absolute Gasteiger partial charge is 0.450 e. The molecule has 0 aliphatic rings. The molecule has 1 N–H and O–H groups in total. The maximum Gasteiger partial charge on any atom is 0.450 e. The molecule has 1 heterocycles. The Bertz CT molecular complexity index is 629. The number of ketones is 1. The van der Waals surface area contributed by atoms with Crippen molar-refractivity contribution in [2.75, 3.05) is 6.54 Å². The number of para-hydroxylation sites is 1. The van der Waals surface area contributed by atoms with Gasteiger partial charge in [0.1, 0.15) is 0 Å². The van der Waals surface area contributed by atoms with Crippen molar-refractivity contribution in [3.05, 3.63) is 36.0 Å². The zero-order valence-corrected chi connectivity index (χ0v) is 10.6. The van der Waals surface area contributed by atoms with E-state index in [1.807, 2.05) is 30.5 Å². The van der Waals surface area contributed by atoms with E-state index < -0.39 is 18.4 Å². The van der Waals surface area contributed by atoms with Crippen LogP contribution < -0.4 is 0 Å². The van der Waals surface area contributed by atoms with Crippen molar-refractivity contribution < 1.29 is 18.0 Å². The highest BCUT2D eigenvalue weighted by Crippen LogP contribution is 2.18. The number of halogens is 3. The summed E-state index contributed by atoms with van der Waals surface area (Å²) in [6.07, 6.45) is -1.97. The van der Waals surface area contributed by atoms with Crippen molar-refractivity contribution in [2.24, 2.45) is 4.99 Å². The van der Waals surface area contributed by atoms with Crippen LogP contribution in [0.4, 0.5) is 13.2 Å². The van der Waals surface area contributed by atoms with Crippen LogP contribution >= 0.6 is 0 Å². The fourth-order valence-corrected chi connectivity index (χ4v) is 1.88. The van der Waals surface area contributed by atoms with Gasteiger partial charge in [0.05, 0.1) is 6.42 Å². The predicted octanol–water partition coefficient (Wildman–Crippen LogP) is 3.30. The van der Waals surface area contributed by atoms with Gasteiger partial charge in [-0.25, -0.2) is 0 Å². The lowest BCUT2D eigenvalue weighted by atomic mass is 10.1. The summed E-state index contributed by atoms with van der Waals surface area (Å²) in [6, 6.07) is 7.76. The van der Waals surface area contributed by atoms with E-state index in [2.05, 4.69) is 9.98 Å². The monoisotopic (exact) mass is 282 g/mol. The Morgan fingerprint density at radius 3 is 2.80 bits per heavy atom.